The summed E-state index contributed by atoms with van der Waals surface area (Å²) in [5.74, 6) is 0.654. The summed E-state index contributed by atoms with van der Waals surface area (Å²) in [6, 6.07) is 12.9. The molecule has 7 heteroatoms. The standard InChI is InChI=1S/C18H13Cl2NO2S2/c1-21-17(22)16(25-18(21)24)9-11-2-5-13(6-3-11)23-10-12-4-7-14(19)15(20)8-12/h2-9H,10H2,1H3/b16-9-. The summed E-state index contributed by atoms with van der Waals surface area (Å²) in [5, 5.41) is 1.03. The number of likely N-dealkylation sites (N-methyl/N-ethyl adjacent to an activating group) is 1. The molecule has 0 N–H and O–H groups in total. The van der Waals surface area contributed by atoms with Gasteiger partial charge in [-0.2, -0.15) is 0 Å². The van der Waals surface area contributed by atoms with Crippen molar-refractivity contribution in [3.05, 3.63) is 68.5 Å². The van der Waals surface area contributed by atoms with Crippen LogP contribution >= 0.6 is 47.2 Å². The van der Waals surface area contributed by atoms with Crippen molar-refractivity contribution in [2.24, 2.45) is 0 Å². The molecule has 0 bridgehead atoms. The van der Waals surface area contributed by atoms with Gasteiger partial charge >= 0.3 is 0 Å². The summed E-state index contributed by atoms with van der Waals surface area (Å²) in [5.41, 5.74) is 1.85. The Morgan fingerprint density at radius 2 is 1.88 bits per heavy atom. The van der Waals surface area contributed by atoms with Crippen molar-refractivity contribution in [1.82, 2.24) is 4.90 Å². The first kappa shape index (κ1) is 18.3. The number of ether oxygens (including phenoxy) is 1. The third-order valence-electron chi connectivity index (χ3n) is 3.55. The minimum absolute atomic E-state index is 0.0741. The summed E-state index contributed by atoms with van der Waals surface area (Å²) < 4.78 is 6.31. The lowest BCUT2D eigenvalue weighted by molar-refractivity contribution is -0.121. The lowest BCUT2D eigenvalue weighted by Gasteiger charge is -2.07. The molecule has 0 aliphatic carbocycles. The molecular formula is C18H13Cl2NO2S2. The van der Waals surface area contributed by atoms with Gasteiger partial charge in [0.2, 0.25) is 0 Å². The molecule has 128 valence electrons. The Balaban J connectivity index is 1.65. The van der Waals surface area contributed by atoms with Gasteiger partial charge in [-0.15, -0.1) is 0 Å². The zero-order chi connectivity index (χ0) is 18.0. The molecule has 1 fully saturated rings. The lowest BCUT2D eigenvalue weighted by Crippen LogP contribution is -2.22. The Bertz CT molecular complexity index is 866. The van der Waals surface area contributed by atoms with E-state index in [0.29, 0.717) is 25.9 Å². The number of benzene rings is 2. The zero-order valence-electron chi connectivity index (χ0n) is 13.2. The molecule has 2 aromatic carbocycles. The fourth-order valence-corrected chi connectivity index (χ4v) is 3.65. The normalized spacial score (nSPS) is 16.0. The highest BCUT2D eigenvalue weighted by molar-refractivity contribution is 8.26. The summed E-state index contributed by atoms with van der Waals surface area (Å²) >= 11 is 18.3. The Kier molecular flexibility index (Phi) is 5.69. The van der Waals surface area contributed by atoms with Crippen LogP contribution in [0.1, 0.15) is 11.1 Å². The number of amides is 1. The maximum Gasteiger partial charge on any atom is 0.265 e. The zero-order valence-corrected chi connectivity index (χ0v) is 16.3. The topological polar surface area (TPSA) is 29.5 Å². The number of hydrogen-bond donors (Lipinski definition) is 0. The minimum Gasteiger partial charge on any atom is -0.489 e. The smallest absolute Gasteiger partial charge is 0.265 e. The monoisotopic (exact) mass is 409 g/mol. The van der Waals surface area contributed by atoms with Gasteiger partial charge in [-0.3, -0.25) is 9.69 Å². The van der Waals surface area contributed by atoms with Gasteiger partial charge in [0, 0.05) is 7.05 Å². The lowest BCUT2D eigenvalue weighted by atomic mass is 10.2. The third kappa shape index (κ3) is 4.36. The number of rotatable bonds is 4. The minimum atomic E-state index is -0.0741. The van der Waals surface area contributed by atoms with E-state index < -0.39 is 0 Å². The molecule has 1 amide bonds. The van der Waals surface area contributed by atoms with Crippen molar-refractivity contribution in [3.63, 3.8) is 0 Å². The molecule has 2 aromatic rings. The van der Waals surface area contributed by atoms with E-state index in [9.17, 15) is 4.79 Å². The second-order valence-electron chi connectivity index (χ2n) is 5.35. The fraction of sp³-hybridized carbons (Fsp3) is 0.111. The van der Waals surface area contributed by atoms with Crippen molar-refractivity contribution < 1.29 is 9.53 Å². The molecule has 0 aromatic heterocycles. The Labute approximate surface area is 165 Å². The Morgan fingerprint density at radius 3 is 2.48 bits per heavy atom. The van der Waals surface area contributed by atoms with E-state index in [1.165, 1.54) is 16.7 Å². The van der Waals surface area contributed by atoms with Crippen LogP contribution in [0.3, 0.4) is 0 Å². The summed E-state index contributed by atoms with van der Waals surface area (Å²) in [6.45, 7) is 0.394. The average Bonchev–Trinajstić information content (AvgIpc) is 2.84. The van der Waals surface area contributed by atoms with E-state index in [1.807, 2.05) is 36.4 Å². The first-order valence-electron chi connectivity index (χ1n) is 7.32. The van der Waals surface area contributed by atoms with Gasteiger partial charge < -0.3 is 4.74 Å². The molecule has 0 atom stereocenters. The van der Waals surface area contributed by atoms with E-state index in [1.54, 1.807) is 19.2 Å². The van der Waals surface area contributed by atoms with Gasteiger partial charge in [0.05, 0.1) is 15.0 Å². The first-order valence-corrected chi connectivity index (χ1v) is 9.30. The van der Waals surface area contributed by atoms with Gasteiger partial charge in [-0.25, -0.2) is 0 Å². The van der Waals surface area contributed by atoms with Crippen LogP contribution in [0.5, 0.6) is 5.75 Å². The van der Waals surface area contributed by atoms with E-state index in [4.69, 9.17) is 40.2 Å². The molecule has 1 aliphatic rings. The molecule has 1 aliphatic heterocycles. The Morgan fingerprint density at radius 1 is 1.16 bits per heavy atom. The van der Waals surface area contributed by atoms with Gasteiger partial charge in [-0.1, -0.05) is 65.4 Å². The third-order valence-corrected chi connectivity index (χ3v) is 5.78. The van der Waals surface area contributed by atoms with Crippen molar-refractivity contribution in [1.29, 1.82) is 0 Å². The second kappa shape index (κ2) is 7.79. The predicted octanol–water partition coefficient (Wildman–Crippen LogP) is 5.40. The van der Waals surface area contributed by atoms with Gasteiger partial charge in [0.15, 0.2) is 0 Å². The molecule has 1 heterocycles. The number of hydrogen-bond acceptors (Lipinski definition) is 4. The first-order chi connectivity index (χ1) is 11.9. The van der Waals surface area contributed by atoms with E-state index in [2.05, 4.69) is 0 Å². The predicted molar refractivity (Wildman–Crippen MR) is 108 cm³/mol. The molecule has 25 heavy (non-hydrogen) atoms. The van der Waals surface area contributed by atoms with Crippen LogP contribution in [-0.4, -0.2) is 22.2 Å². The Hall–Kier alpha value is -1.53. The highest BCUT2D eigenvalue weighted by atomic mass is 35.5. The summed E-state index contributed by atoms with van der Waals surface area (Å²) in [4.78, 5) is 14.1. The van der Waals surface area contributed by atoms with E-state index in [0.717, 1.165) is 16.9 Å². The molecule has 0 saturated carbocycles. The molecule has 3 rings (SSSR count). The van der Waals surface area contributed by atoms with Crippen LogP contribution in [-0.2, 0) is 11.4 Å². The van der Waals surface area contributed by atoms with Crippen LogP contribution in [0.25, 0.3) is 6.08 Å². The number of nitrogens with zero attached hydrogens (tertiary/aromatic N) is 1. The van der Waals surface area contributed by atoms with Crippen LogP contribution in [0.15, 0.2) is 47.4 Å². The van der Waals surface area contributed by atoms with E-state index in [-0.39, 0.29) is 5.91 Å². The number of carbonyl (C=O) groups is 1. The van der Waals surface area contributed by atoms with Crippen molar-refractivity contribution >= 4 is 63.5 Å². The molecular weight excluding hydrogens is 397 g/mol. The van der Waals surface area contributed by atoms with Crippen LogP contribution < -0.4 is 4.74 Å². The van der Waals surface area contributed by atoms with Crippen molar-refractivity contribution in [3.8, 4) is 5.75 Å². The number of thiocarbonyl (C=S) groups is 1. The summed E-state index contributed by atoms with van der Waals surface area (Å²) in [7, 11) is 1.68. The quantitative estimate of drug-likeness (QED) is 0.499. The molecule has 0 radical (unpaired) electrons. The van der Waals surface area contributed by atoms with Crippen molar-refractivity contribution in [2.45, 2.75) is 6.61 Å². The largest absolute Gasteiger partial charge is 0.489 e. The van der Waals surface area contributed by atoms with Gasteiger partial charge in [-0.05, 0) is 41.5 Å². The molecule has 0 unspecified atom stereocenters. The van der Waals surface area contributed by atoms with Gasteiger partial charge in [0.1, 0.15) is 16.7 Å². The highest BCUT2D eigenvalue weighted by Gasteiger charge is 2.28. The number of carbonyl (C=O) groups excluding carboxylic acids is 1. The maximum atomic E-state index is 12.0. The van der Waals surface area contributed by atoms with Crippen LogP contribution in [0, 0.1) is 0 Å². The van der Waals surface area contributed by atoms with E-state index >= 15 is 0 Å². The summed E-state index contributed by atoms with van der Waals surface area (Å²) in [6.07, 6.45) is 1.82. The number of halogens is 2. The molecule has 1 saturated heterocycles. The number of thioether (sulfide) groups is 1. The van der Waals surface area contributed by atoms with Crippen LogP contribution in [0.4, 0.5) is 0 Å². The maximum absolute atomic E-state index is 12.0. The van der Waals surface area contributed by atoms with Crippen molar-refractivity contribution in [2.75, 3.05) is 7.05 Å². The molecule has 0 spiro atoms. The fourth-order valence-electron chi connectivity index (χ4n) is 2.15. The molecule has 3 nitrogen and oxygen atoms in total. The SMILES string of the molecule is CN1C(=O)/C(=C/c2ccc(OCc3ccc(Cl)c(Cl)c3)cc2)SC1=S. The van der Waals surface area contributed by atoms with Crippen LogP contribution in [0.2, 0.25) is 10.0 Å². The highest BCUT2D eigenvalue weighted by Crippen LogP contribution is 2.31. The van der Waals surface area contributed by atoms with Gasteiger partial charge in [0.25, 0.3) is 5.91 Å². The second-order valence-corrected chi connectivity index (χ2v) is 7.84. The average molecular weight is 410 g/mol.